The van der Waals surface area contributed by atoms with Gasteiger partial charge in [0.2, 0.25) is 0 Å². The predicted molar refractivity (Wildman–Crippen MR) is 87.2 cm³/mol. The summed E-state index contributed by atoms with van der Waals surface area (Å²) in [5.74, 6) is 0.0196. The molecule has 0 aliphatic heterocycles. The highest BCUT2D eigenvalue weighted by Gasteiger charge is 2.31. The third-order valence-corrected chi connectivity index (χ3v) is 4.86. The van der Waals surface area contributed by atoms with Crippen molar-refractivity contribution in [1.29, 1.82) is 0 Å². The fourth-order valence-electron chi connectivity index (χ4n) is 2.39. The Hall–Kier alpha value is -0.460. The van der Waals surface area contributed by atoms with Crippen molar-refractivity contribution < 1.29 is 4.79 Å². The van der Waals surface area contributed by atoms with E-state index in [1.165, 1.54) is 0 Å². The average molecular weight is 406 g/mol. The van der Waals surface area contributed by atoms with Crippen molar-refractivity contribution in [3.8, 4) is 0 Å². The number of hydrogen-bond acceptors (Lipinski definition) is 2. The Morgan fingerprint density at radius 2 is 2.11 bits per heavy atom. The largest absolute Gasteiger partial charge is 0.393 e. The molecule has 0 radical (unpaired) electrons. The molecule has 2 unspecified atom stereocenters. The molecule has 1 aromatic carbocycles. The molecule has 2 atom stereocenters. The average Bonchev–Trinajstić information content (AvgIpc) is 2.80. The second-order valence-electron chi connectivity index (χ2n) is 4.64. The maximum absolute atomic E-state index is 12.3. The van der Waals surface area contributed by atoms with Gasteiger partial charge in [-0.15, -0.1) is 0 Å². The first-order valence-corrected chi connectivity index (χ1v) is 8.03. The van der Waals surface area contributed by atoms with Crippen molar-refractivity contribution in [2.24, 2.45) is 11.7 Å². The monoisotopic (exact) mass is 404 g/mol. The molecule has 0 saturated heterocycles. The number of benzene rings is 1. The van der Waals surface area contributed by atoms with E-state index in [1.54, 1.807) is 6.07 Å². The summed E-state index contributed by atoms with van der Waals surface area (Å²) < 4.78 is 1.65. The SMILES string of the molecule is NC(=S)C1CCCC1NC(=O)c1cc(Br)ccc1Br. The first-order valence-electron chi connectivity index (χ1n) is 6.04. The summed E-state index contributed by atoms with van der Waals surface area (Å²) >= 11 is 11.8. The highest BCUT2D eigenvalue weighted by molar-refractivity contribution is 9.11. The summed E-state index contributed by atoms with van der Waals surface area (Å²) in [6.07, 6.45) is 2.94. The van der Waals surface area contributed by atoms with Crippen LogP contribution in [0.25, 0.3) is 0 Å². The van der Waals surface area contributed by atoms with Crippen LogP contribution < -0.4 is 11.1 Å². The Balaban J connectivity index is 2.12. The van der Waals surface area contributed by atoms with Crippen molar-refractivity contribution in [2.75, 3.05) is 0 Å². The van der Waals surface area contributed by atoms with Crippen molar-refractivity contribution in [3.63, 3.8) is 0 Å². The lowest BCUT2D eigenvalue weighted by Crippen LogP contribution is -2.41. The molecule has 1 aliphatic rings. The van der Waals surface area contributed by atoms with Gasteiger partial charge in [-0.05, 0) is 47.0 Å². The molecule has 2 rings (SSSR count). The molecule has 1 amide bonds. The van der Waals surface area contributed by atoms with Crippen LogP contribution in [0, 0.1) is 5.92 Å². The van der Waals surface area contributed by atoms with Gasteiger partial charge in [0.05, 0.1) is 10.6 Å². The highest BCUT2D eigenvalue weighted by Crippen LogP contribution is 2.27. The molecular weight excluding hydrogens is 392 g/mol. The minimum atomic E-state index is -0.0960. The van der Waals surface area contributed by atoms with Crippen LogP contribution in [0.4, 0.5) is 0 Å². The molecule has 1 aromatic rings. The van der Waals surface area contributed by atoms with Crippen molar-refractivity contribution in [3.05, 3.63) is 32.7 Å². The number of carbonyl (C=O) groups is 1. The van der Waals surface area contributed by atoms with Gasteiger partial charge in [0.1, 0.15) is 0 Å². The number of nitrogens with two attached hydrogens (primary N) is 1. The Morgan fingerprint density at radius 3 is 2.79 bits per heavy atom. The number of carbonyl (C=O) groups excluding carboxylic acids is 1. The lowest BCUT2D eigenvalue weighted by Gasteiger charge is -2.20. The molecule has 0 bridgehead atoms. The number of thiocarbonyl (C=S) groups is 1. The van der Waals surface area contributed by atoms with E-state index in [9.17, 15) is 4.79 Å². The molecule has 6 heteroatoms. The minimum absolute atomic E-state index is 0.0517. The van der Waals surface area contributed by atoms with Gasteiger partial charge in [-0.2, -0.15) is 0 Å². The van der Waals surface area contributed by atoms with Gasteiger partial charge in [0.25, 0.3) is 5.91 Å². The molecule has 1 fully saturated rings. The highest BCUT2D eigenvalue weighted by atomic mass is 79.9. The smallest absolute Gasteiger partial charge is 0.252 e. The second-order valence-corrected chi connectivity index (χ2v) is 6.89. The van der Waals surface area contributed by atoms with E-state index in [0.29, 0.717) is 10.6 Å². The first-order chi connectivity index (χ1) is 8.99. The summed E-state index contributed by atoms with van der Waals surface area (Å²) in [6, 6.07) is 5.58. The molecule has 3 N–H and O–H groups in total. The Kier molecular flexibility index (Phi) is 4.97. The summed E-state index contributed by atoms with van der Waals surface area (Å²) in [5.41, 5.74) is 6.33. The molecular formula is C13H14Br2N2OS. The zero-order valence-corrected chi connectivity index (χ0v) is 14.1. The summed E-state index contributed by atoms with van der Waals surface area (Å²) in [4.78, 5) is 12.8. The van der Waals surface area contributed by atoms with Gasteiger partial charge in [-0.3, -0.25) is 4.79 Å². The van der Waals surface area contributed by atoms with Gasteiger partial charge in [-0.1, -0.05) is 34.6 Å². The van der Waals surface area contributed by atoms with E-state index in [2.05, 4.69) is 37.2 Å². The third-order valence-electron chi connectivity index (χ3n) is 3.37. The van der Waals surface area contributed by atoms with Crippen LogP contribution in [0.1, 0.15) is 29.6 Å². The molecule has 3 nitrogen and oxygen atoms in total. The third kappa shape index (κ3) is 3.55. The summed E-state index contributed by atoms with van der Waals surface area (Å²) in [5, 5.41) is 3.04. The van der Waals surface area contributed by atoms with Crippen molar-refractivity contribution in [2.45, 2.75) is 25.3 Å². The number of nitrogens with one attached hydrogen (secondary N) is 1. The van der Waals surface area contributed by atoms with Crippen molar-refractivity contribution >= 4 is 55.0 Å². The lowest BCUT2D eigenvalue weighted by molar-refractivity contribution is 0.0933. The second kappa shape index (κ2) is 6.33. The van der Waals surface area contributed by atoms with Crippen LogP contribution in [0.2, 0.25) is 0 Å². The molecule has 19 heavy (non-hydrogen) atoms. The van der Waals surface area contributed by atoms with Crippen LogP contribution >= 0.6 is 44.1 Å². The van der Waals surface area contributed by atoms with Crippen LogP contribution in [0.5, 0.6) is 0 Å². The van der Waals surface area contributed by atoms with Gasteiger partial charge in [0.15, 0.2) is 0 Å². The number of halogens is 2. The van der Waals surface area contributed by atoms with E-state index in [0.717, 1.165) is 28.2 Å². The van der Waals surface area contributed by atoms with Crippen LogP contribution in [-0.4, -0.2) is 16.9 Å². The van der Waals surface area contributed by atoms with Crippen LogP contribution in [0.3, 0.4) is 0 Å². The number of amides is 1. The molecule has 102 valence electrons. The van der Waals surface area contributed by atoms with Gasteiger partial charge < -0.3 is 11.1 Å². The van der Waals surface area contributed by atoms with E-state index in [-0.39, 0.29) is 17.9 Å². The molecule has 0 heterocycles. The maximum atomic E-state index is 12.3. The van der Waals surface area contributed by atoms with E-state index >= 15 is 0 Å². The number of hydrogen-bond donors (Lipinski definition) is 2. The Labute approximate surface area is 134 Å². The summed E-state index contributed by atoms with van der Waals surface area (Å²) in [7, 11) is 0. The molecule has 1 aliphatic carbocycles. The topological polar surface area (TPSA) is 55.1 Å². The zero-order chi connectivity index (χ0) is 14.0. The van der Waals surface area contributed by atoms with E-state index < -0.39 is 0 Å². The van der Waals surface area contributed by atoms with Gasteiger partial charge in [-0.25, -0.2) is 0 Å². The molecule has 0 spiro atoms. The van der Waals surface area contributed by atoms with Crippen LogP contribution in [-0.2, 0) is 0 Å². The molecule has 1 saturated carbocycles. The van der Waals surface area contributed by atoms with Crippen LogP contribution in [0.15, 0.2) is 27.1 Å². The van der Waals surface area contributed by atoms with E-state index in [1.807, 2.05) is 12.1 Å². The minimum Gasteiger partial charge on any atom is -0.393 e. The predicted octanol–water partition coefficient (Wildman–Crippen LogP) is 3.40. The van der Waals surface area contributed by atoms with E-state index in [4.69, 9.17) is 18.0 Å². The quantitative estimate of drug-likeness (QED) is 0.757. The van der Waals surface area contributed by atoms with Gasteiger partial charge >= 0.3 is 0 Å². The lowest BCUT2D eigenvalue weighted by atomic mass is 10.0. The Bertz CT molecular complexity index is 521. The number of rotatable bonds is 3. The van der Waals surface area contributed by atoms with Gasteiger partial charge in [0, 0.05) is 20.9 Å². The molecule has 0 aromatic heterocycles. The summed E-state index contributed by atoms with van der Waals surface area (Å²) in [6.45, 7) is 0. The standard InChI is InChI=1S/C13H14Br2N2OS/c14-7-4-5-10(15)9(6-7)13(18)17-11-3-1-2-8(11)12(16)19/h4-6,8,11H,1-3H2,(H2,16,19)(H,17,18). The fourth-order valence-corrected chi connectivity index (χ4v) is 3.46. The zero-order valence-electron chi connectivity index (χ0n) is 10.2. The Morgan fingerprint density at radius 1 is 1.37 bits per heavy atom. The normalized spacial score (nSPS) is 22.2. The van der Waals surface area contributed by atoms with Crippen molar-refractivity contribution in [1.82, 2.24) is 5.32 Å². The first kappa shape index (κ1) is 14.9. The fraction of sp³-hybridized carbons (Fsp3) is 0.385. The maximum Gasteiger partial charge on any atom is 0.252 e.